The van der Waals surface area contributed by atoms with E-state index in [2.05, 4.69) is 11.8 Å². The van der Waals surface area contributed by atoms with Gasteiger partial charge in [-0.3, -0.25) is 0 Å². The van der Waals surface area contributed by atoms with Gasteiger partial charge >= 0.3 is 0 Å². The van der Waals surface area contributed by atoms with E-state index in [1.165, 1.54) is 0 Å². The second-order valence-corrected chi connectivity index (χ2v) is 3.46. The molecule has 1 atom stereocenters. The second kappa shape index (κ2) is 6.34. The van der Waals surface area contributed by atoms with Crippen molar-refractivity contribution in [2.75, 3.05) is 20.2 Å². The van der Waals surface area contributed by atoms with Gasteiger partial charge in [0.15, 0.2) is 0 Å². The monoisotopic (exact) mass is 190 g/mol. The molecule has 0 heterocycles. The summed E-state index contributed by atoms with van der Waals surface area (Å²) in [4.78, 5) is 2.63. The van der Waals surface area contributed by atoms with Crippen molar-refractivity contribution < 1.29 is 5.11 Å². The zero-order chi connectivity index (χ0) is 9.56. The molecule has 0 aliphatic carbocycles. The summed E-state index contributed by atoms with van der Waals surface area (Å²) in [5.74, 6) is 0. The highest BCUT2D eigenvalue weighted by molar-refractivity contribution is 7.80. The van der Waals surface area contributed by atoms with Gasteiger partial charge in [0.05, 0.1) is 11.6 Å². The van der Waals surface area contributed by atoms with Gasteiger partial charge in [0.2, 0.25) is 0 Å². The molecule has 3 N–H and O–H groups in total. The minimum absolute atomic E-state index is 0.185. The minimum atomic E-state index is 0.185. The van der Waals surface area contributed by atoms with Crippen LogP contribution in [0.2, 0.25) is 0 Å². The van der Waals surface area contributed by atoms with Gasteiger partial charge in [0, 0.05) is 19.0 Å². The van der Waals surface area contributed by atoms with Crippen molar-refractivity contribution >= 4 is 17.2 Å². The molecule has 0 radical (unpaired) electrons. The van der Waals surface area contributed by atoms with E-state index < -0.39 is 0 Å². The van der Waals surface area contributed by atoms with E-state index in [9.17, 15) is 0 Å². The van der Waals surface area contributed by atoms with E-state index in [1.54, 1.807) is 0 Å². The number of nitrogens with two attached hydrogens (primary N) is 1. The number of rotatable bonds is 6. The lowest BCUT2D eigenvalue weighted by molar-refractivity contribution is 0.179. The second-order valence-electron chi connectivity index (χ2n) is 2.94. The zero-order valence-corrected chi connectivity index (χ0v) is 8.60. The molecule has 0 fully saturated rings. The normalized spacial score (nSPS) is 13.3. The van der Waals surface area contributed by atoms with Crippen molar-refractivity contribution in [1.29, 1.82) is 0 Å². The van der Waals surface area contributed by atoms with Gasteiger partial charge in [-0.1, -0.05) is 19.1 Å². The van der Waals surface area contributed by atoms with Gasteiger partial charge in [-0.15, -0.1) is 0 Å². The van der Waals surface area contributed by atoms with Crippen molar-refractivity contribution in [2.45, 2.75) is 25.8 Å². The molecule has 0 aliphatic rings. The van der Waals surface area contributed by atoms with Crippen LogP contribution < -0.4 is 5.73 Å². The summed E-state index contributed by atoms with van der Waals surface area (Å²) in [6.45, 7) is 2.96. The first-order valence-electron chi connectivity index (χ1n) is 4.21. The van der Waals surface area contributed by atoms with Gasteiger partial charge in [0.1, 0.15) is 0 Å². The smallest absolute Gasteiger partial charge is 0.0743 e. The highest BCUT2D eigenvalue weighted by Gasteiger charge is 2.12. The number of aliphatic hydroxyl groups is 1. The van der Waals surface area contributed by atoms with Crippen molar-refractivity contribution in [3.8, 4) is 0 Å². The highest BCUT2D eigenvalue weighted by Crippen LogP contribution is 2.05. The van der Waals surface area contributed by atoms with E-state index in [0.717, 1.165) is 12.8 Å². The van der Waals surface area contributed by atoms with Crippen LogP contribution in [0, 0.1) is 0 Å². The first-order valence-corrected chi connectivity index (χ1v) is 4.62. The molecule has 0 aromatic rings. The summed E-state index contributed by atoms with van der Waals surface area (Å²) in [5, 5.41) is 8.71. The van der Waals surface area contributed by atoms with E-state index in [4.69, 9.17) is 23.1 Å². The van der Waals surface area contributed by atoms with E-state index in [1.807, 2.05) is 7.05 Å². The third kappa shape index (κ3) is 4.64. The molecule has 0 saturated carbocycles. The lowest BCUT2D eigenvalue weighted by Crippen LogP contribution is -2.36. The van der Waals surface area contributed by atoms with Crippen LogP contribution >= 0.6 is 12.2 Å². The molecule has 72 valence electrons. The number of hydrogen-bond acceptors (Lipinski definition) is 3. The van der Waals surface area contributed by atoms with Gasteiger partial charge in [-0.05, 0) is 13.5 Å². The molecular formula is C8H18N2OS. The molecule has 0 amide bonds. The predicted molar refractivity (Wildman–Crippen MR) is 55.2 cm³/mol. The molecule has 0 spiro atoms. The van der Waals surface area contributed by atoms with Gasteiger partial charge in [-0.25, -0.2) is 0 Å². The maximum atomic E-state index is 8.71. The van der Waals surface area contributed by atoms with Crippen LogP contribution in [0.5, 0.6) is 0 Å². The molecule has 12 heavy (non-hydrogen) atoms. The van der Waals surface area contributed by atoms with Crippen LogP contribution in [0.1, 0.15) is 19.8 Å². The molecule has 0 aliphatic heterocycles. The summed E-state index contributed by atoms with van der Waals surface area (Å²) < 4.78 is 0. The number of aliphatic hydroxyl groups excluding tert-OH is 1. The topological polar surface area (TPSA) is 49.5 Å². The Labute approximate surface area is 79.5 Å². The summed E-state index contributed by atoms with van der Waals surface area (Å²) in [7, 11) is 1.97. The summed E-state index contributed by atoms with van der Waals surface area (Å²) in [6, 6.07) is 0.370. The molecule has 4 heteroatoms. The third-order valence-corrected chi connectivity index (χ3v) is 2.15. The van der Waals surface area contributed by atoms with Gasteiger partial charge in [-0.2, -0.15) is 0 Å². The summed E-state index contributed by atoms with van der Waals surface area (Å²) in [5.41, 5.74) is 5.45. The van der Waals surface area contributed by atoms with Crippen molar-refractivity contribution in [1.82, 2.24) is 4.90 Å². The molecule has 1 unspecified atom stereocenters. The number of thiocarbonyl (C=S) groups is 1. The number of nitrogens with zero attached hydrogens (tertiary/aromatic N) is 1. The molecule has 0 aromatic heterocycles. The minimum Gasteiger partial charge on any atom is -0.395 e. The molecule has 0 aromatic carbocycles. The van der Waals surface area contributed by atoms with Crippen molar-refractivity contribution in [2.24, 2.45) is 5.73 Å². The Morgan fingerprint density at radius 1 is 1.67 bits per heavy atom. The lowest BCUT2D eigenvalue weighted by Gasteiger charge is -2.25. The number of likely N-dealkylation sites (N-methyl/N-ethyl adjacent to an activating group) is 1. The highest BCUT2D eigenvalue weighted by atomic mass is 32.1. The van der Waals surface area contributed by atoms with Gasteiger partial charge in [0.25, 0.3) is 0 Å². The van der Waals surface area contributed by atoms with E-state index >= 15 is 0 Å². The Hall–Kier alpha value is -0.190. The first-order chi connectivity index (χ1) is 5.61. The average Bonchev–Trinajstić information content (AvgIpc) is 2.00. The van der Waals surface area contributed by atoms with Gasteiger partial charge < -0.3 is 15.7 Å². The average molecular weight is 190 g/mol. The zero-order valence-electron chi connectivity index (χ0n) is 7.79. The summed E-state index contributed by atoms with van der Waals surface area (Å²) >= 11 is 4.83. The van der Waals surface area contributed by atoms with Crippen LogP contribution in [-0.2, 0) is 0 Å². The fourth-order valence-electron chi connectivity index (χ4n) is 1.18. The maximum Gasteiger partial charge on any atom is 0.0743 e. The van der Waals surface area contributed by atoms with Crippen LogP contribution in [-0.4, -0.2) is 41.2 Å². The van der Waals surface area contributed by atoms with Crippen molar-refractivity contribution in [3.63, 3.8) is 0 Å². The van der Waals surface area contributed by atoms with Crippen LogP contribution in [0.15, 0.2) is 0 Å². The maximum absolute atomic E-state index is 8.71. The summed E-state index contributed by atoms with van der Waals surface area (Å²) in [6.07, 6.45) is 1.75. The molecule has 0 saturated heterocycles. The predicted octanol–water partition coefficient (Wildman–Crippen LogP) is 0.365. The first kappa shape index (κ1) is 11.8. The Bertz CT molecular complexity index is 141. The lowest BCUT2D eigenvalue weighted by atomic mass is 10.1. The Kier molecular flexibility index (Phi) is 6.24. The molecule has 3 nitrogen and oxygen atoms in total. The van der Waals surface area contributed by atoms with E-state index in [0.29, 0.717) is 17.6 Å². The van der Waals surface area contributed by atoms with Crippen LogP contribution in [0.25, 0.3) is 0 Å². The fourth-order valence-corrected chi connectivity index (χ4v) is 1.38. The Balaban J connectivity index is 3.86. The van der Waals surface area contributed by atoms with Crippen molar-refractivity contribution in [3.05, 3.63) is 0 Å². The number of hydrogen-bond donors (Lipinski definition) is 2. The SMILES string of the molecule is CCC(CC(N)=S)N(C)CCO. The van der Waals surface area contributed by atoms with Crippen LogP contribution in [0.4, 0.5) is 0 Å². The standard InChI is InChI=1S/C8H18N2OS/c1-3-7(6-8(9)12)10(2)4-5-11/h7,11H,3-6H2,1-2H3,(H2,9,12). The molecule has 0 bridgehead atoms. The largest absolute Gasteiger partial charge is 0.395 e. The van der Waals surface area contributed by atoms with Crippen LogP contribution in [0.3, 0.4) is 0 Å². The quantitative estimate of drug-likeness (QED) is 0.594. The third-order valence-electron chi connectivity index (χ3n) is 1.98. The molecular weight excluding hydrogens is 172 g/mol. The Morgan fingerprint density at radius 2 is 2.25 bits per heavy atom. The fraction of sp³-hybridized carbons (Fsp3) is 0.875. The Morgan fingerprint density at radius 3 is 2.58 bits per heavy atom. The molecule has 0 rings (SSSR count). The van der Waals surface area contributed by atoms with E-state index in [-0.39, 0.29) is 6.61 Å².